The second kappa shape index (κ2) is 6.41. The number of hydrogen-bond acceptors (Lipinski definition) is 1. The Hall–Kier alpha value is -0.650. The first-order valence-corrected chi connectivity index (χ1v) is 7.91. The Bertz CT molecular complexity index is 614. The molecular formula is C14H9BrClF3S. The average Bonchev–Trinajstić information content (AvgIpc) is 2.38. The van der Waals surface area contributed by atoms with Crippen LogP contribution in [0, 0.1) is 0 Å². The molecule has 0 saturated heterocycles. The van der Waals surface area contributed by atoms with E-state index in [0.717, 1.165) is 22.6 Å². The Morgan fingerprint density at radius 3 is 2.35 bits per heavy atom. The van der Waals surface area contributed by atoms with Gasteiger partial charge in [0.2, 0.25) is 0 Å². The minimum Gasteiger partial charge on any atom is -0.166 e. The summed E-state index contributed by atoms with van der Waals surface area (Å²) >= 11 is 10.6. The molecule has 0 radical (unpaired) electrons. The first kappa shape index (κ1) is 15.7. The summed E-state index contributed by atoms with van der Waals surface area (Å²) in [6.45, 7) is 0. The molecule has 2 aromatic rings. The first-order valence-electron chi connectivity index (χ1n) is 5.59. The van der Waals surface area contributed by atoms with Gasteiger partial charge < -0.3 is 0 Å². The van der Waals surface area contributed by atoms with Crippen molar-refractivity contribution < 1.29 is 13.2 Å². The van der Waals surface area contributed by atoms with Gasteiger partial charge >= 0.3 is 6.18 Å². The fourth-order valence-corrected chi connectivity index (χ4v) is 3.45. The second-order valence-corrected chi connectivity index (χ2v) is 6.13. The van der Waals surface area contributed by atoms with Gasteiger partial charge in [0.1, 0.15) is 0 Å². The van der Waals surface area contributed by atoms with E-state index in [2.05, 4.69) is 15.9 Å². The van der Waals surface area contributed by atoms with Crippen LogP contribution in [0.4, 0.5) is 13.2 Å². The highest BCUT2D eigenvalue weighted by Gasteiger charge is 2.30. The van der Waals surface area contributed by atoms with Crippen LogP contribution in [0.5, 0.6) is 0 Å². The molecule has 0 aromatic heterocycles. The Kier molecular flexibility index (Phi) is 5.04. The number of hydrogen-bond donors (Lipinski definition) is 0. The van der Waals surface area contributed by atoms with Crippen molar-refractivity contribution in [2.24, 2.45) is 0 Å². The van der Waals surface area contributed by atoms with Gasteiger partial charge in [-0.25, -0.2) is 0 Å². The fraction of sp³-hybridized carbons (Fsp3) is 0.143. The Morgan fingerprint density at radius 2 is 1.75 bits per heavy atom. The molecule has 2 rings (SSSR count). The molecule has 0 nitrogen and oxygen atoms in total. The predicted octanol–water partition coefficient (Wildman–Crippen LogP) is 6.40. The molecule has 0 heterocycles. The van der Waals surface area contributed by atoms with Crippen molar-refractivity contribution in [2.75, 3.05) is 0 Å². The van der Waals surface area contributed by atoms with Gasteiger partial charge in [-0.2, -0.15) is 13.2 Å². The van der Waals surface area contributed by atoms with Crippen molar-refractivity contribution in [3.63, 3.8) is 0 Å². The summed E-state index contributed by atoms with van der Waals surface area (Å²) in [4.78, 5) is 1.33. The van der Waals surface area contributed by atoms with Crippen molar-refractivity contribution in [1.29, 1.82) is 0 Å². The molecule has 0 aliphatic rings. The maximum atomic E-state index is 12.6. The van der Waals surface area contributed by atoms with E-state index in [9.17, 15) is 13.2 Å². The van der Waals surface area contributed by atoms with Crippen molar-refractivity contribution in [2.45, 2.75) is 21.3 Å². The minimum atomic E-state index is -4.33. The summed E-state index contributed by atoms with van der Waals surface area (Å²) in [5.41, 5.74) is 0.297. The molecule has 0 spiro atoms. The van der Waals surface area contributed by atoms with Crippen LogP contribution in [0.1, 0.15) is 11.1 Å². The van der Waals surface area contributed by atoms with Gasteiger partial charge in [-0.1, -0.05) is 51.4 Å². The van der Waals surface area contributed by atoms with Gasteiger partial charge in [-0.05, 0) is 35.9 Å². The zero-order chi connectivity index (χ0) is 14.8. The van der Waals surface area contributed by atoms with Crippen molar-refractivity contribution >= 4 is 39.3 Å². The van der Waals surface area contributed by atoms with Crippen LogP contribution >= 0.6 is 39.3 Å². The lowest BCUT2D eigenvalue weighted by atomic mass is 10.2. The molecule has 0 bridgehead atoms. The third-order valence-electron chi connectivity index (χ3n) is 2.57. The maximum Gasteiger partial charge on any atom is 0.416 e. The van der Waals surface area contributed by atoms with E-state index in [1.165, 1.54) is 17.8 Å². The molecule has 0 fully saturated rings. The zero-order valence-corrected chi connectivity index (χ0v) is 13.2. The molecule has 2 aromatic carbocycles. The zero-order valence-electron chi connectivity index (χ0n) is 10.0. The smallest absolute Gasteiger partial charge is 0.166 e. The molecule has 0 aliphatic carbocycles. The molecular weight excluding hydrogens is 373 g/mol. The maximum absolute atomic E-state index is 12.6. The van der Waals surface area contributed by atoms with E-state index in [1.807, 2.05) is 12.1 Å². The van der Waals surface area contributed by atoms with Crippen LogP contribution in [0.3, 0.4) is 0 Å². The van der Waals surface area contributed by atoms with Crippen LogP contribution in [0.15, 0.2) is 52.3 Å². The Labute approximate surface area is 132 Å². The number of rotatable bonds is 3. The highest BCUT2D eigenvalue weighted by Crippen LogP contribution is 2.35. The van der Waals surface area contributed by atoms with Crippen LogP contribution in [-0.2, 0) is 11.5 Å². The Morgan fingerprint density at radius 1 is 1.05 bits per heavy atom. The SMILES string of the molecule is FC(F)(F)c1cccc(Sc2ccc(CBr)c(Cl)c2)c1. The van der Waals surface area contributed by atoms with E-state index < -0.39 is 11.7 Å². The molecule has 6 heteroatoms. The summed E-state index contributed by atoms with van der Waals surface area (Å²) in [5.74, 6) is 0. The summed E-state index contributed by atoms with van der Waals surface area (Å²) in [5, 5.41) is 1.24. The molecule has 0 N–H and O–H groups in total. The lowest BCUT2D eigenvalue weighted by Crippen LogP contribution is -2.04. The van der Waals surface area contributed by atoms with Crippen molar-refractivity contribution in [3.8, 4) is 0 Å². The first-order chi connectivity index (χ1) is 9.40. The van der Waals surface area contributed by atoms with Crippen LogP contribution in [-0.4, -0.2) is 0 Å². The van der Waals surface area contributed by atoms with E-state index >= 15 is 0 Å². The van der Waals surface area contributed by atoms with Gasteiger partial charge in [-0.3, -0.25) is 0 Å². The van der Waals surface area contributed by atoms with Crippen LogP contribution in [0.2, 0.25) is 5.02 Å². The molecule has 0 unspecified atom stereocenters. The van der Waals surface area contributed by atoms with E-state index in [-0.39, 0.29) is 0 Å². The number of alkyl halides is 4. The second-order valence-electron chi connectivity index (χ2n) is 4.01. The minimum absolute atomic E-state index is 0.530. The monoisotopic (exact) mass is 380 g/mol. The summed E-state index contributed by atoms with van der Waals surface area (Å²) < 4.78 is 37.9. The molecule has 0 amide bonds. The van der Waals surface area contributed by atoms with Crippen molar-refractivity contribution in [3.05, 3.63) is 58.6 Å². The fourth-order valence-electron chi connectivity index (χ4n) is 1.57. The van der Waals surface area contributed by atoms with Crippen molar-refractivity contribution in [1.82, 2.24) is 0 Å². The third-order valence-corrected chi connectivity index (χ3v) is 4.50. The molecule has 106 valence electrons. The largest absolute Gasteiger partial charge is 0.416 e. The highest BCUT2D eigenvalue weighted by molar-refractivity contribution is 9.08. The third kappa shape index (κ3) is 3.93. The summed E-state index contributed by atoms with van der Waals surface area (Å²) in [6.07, 6.45) is -4.33. The van der Waals surface area contributed by atoms with E-state index in [4.69, 9.17) is 11.6 Å². The Balaban J connectivity index is 2.24. The van der Waals surface area contributed by atoms with Gasteiger partial charge in [-0.15, -0.1) is 0 Å². The predicted molar refractivity (Wildman–Crippen MR) is 79.7 cm³/mol. The highest BCUT2D eigenvalue weighted by atomic mass is 79.9. The summed E-state index contributed by atoms with van der Waals surface area (Å²) in [7, 11) is 0. The van der Waals surface area contributed by atoms with Crippen LogP contribution in [0.25, 0.3) is 0 Å². The molecule has 0 saturated carbocycles. The average molecular weight is 382 g/mol. The lowest BCUT2D eigenvalue weighted by molar-refractivity contribution is -0.137. The summed E-state index contributed by atoms with van der Waals surface area (Å²) in [6, 6.07) is 10.7. The van der Waals surface area contributed by atoms with Crippen LogP contribution < -0.4 is 0 Å². The normalized spacial score (nSPS) is 11.7. The topological polar surface area (TPSA) is 0 Å². The van der Waals surface area contributed by atoms with Gasteiger partial charge in [0.15, 0.2) is 0 Å². The van der Waals surface area contributed by atoms with Gasteiger partial charge in [0, 0.05) is 20.1 Å². The number of halogens is 5. The molecule has 0 atom stereocenters. The standard InChI is InChI=1S/C14H9BrClF3S/c15-8-9-4-5-12(7-13(9)16)20-11-3-1-2-10(6-11)14(17,18)19/h1-7H,8H2. The quantitative estimate of drug-likeness (QED) is 0.554. The van der Waals surface area contributed by atoms with E-state index in [0.29, 0.717) is 15.2 Å². The van der Waals surface area contributed by atoms with E-state index in [1.54, 1.807) is 12.1 Å². The van der Waals surface area contributed by atoms with Gasteiger partial charge in [0.05, 0.1) is 5.56 Å². The van der Waals surface area contributed by atoms with Gasteiger partial charge in [0.25, 0.3) is 0 Å². The molecule has 0 aliphatic heterocycles. The number of benzene rings is 2. The lowest BCUT2D eigenvalue weighted by Gasteiger charge is -2.09. The molecule has 20 heavy (non-hydrogen) atoms.